The van der Waals surface area contributed by atoms with Crippen LogP contribution in [0.5, 0.6) is 0 Å². The normalized spacial score (nSPS) is 29.5. The SMILES string of the molecule is CSc1ncc(C(=O)N[C@H]2C[C@@H]3OCC[C@H]23)cn1. The van der Waals surface area contributed by atoms with E-state index in [2.05, 4.69) is 15.3 Å². The van der Waals surface area contributed by atoms with Crippen molar-refractivity contribution in [2.24, 2.45) is 5.92 Å². The lowest BCUT2D eigenvalue weighted by Gasteiger charge is -2.39. The Bertz CT molecular complexity index is 451. The van der Waals surface area contributed by atoms with Crippen molar-refractivity contribution in [3.05, 3.63) is 18.0 Å². The fraction of sp³-hybridized carbons (Fsp3) is 0.583. The van der Waals surface area contributed by atoms with Crippen LogP contribution in [0.1, 0.15) is 23.2 Å². The van der Waals surface area contributed by atoms with Gasteiger partial charge in [0.15, 0.2) is 5.16 Å². The van der Waals surface area contributed by atoms with E-state index in [0.717, 1.165) is 19.4 Å². The molecule has 0 radical (unpaired) electrons. The van der Waals surface area contributed by atoms with Gasteiger partial charge in [-0.3, -0.25) is 4.79 Å². The third kappa shape index (κ3) is 2.10. The number of fused-ring (bicyclic) bond motifs is 1. The number of hydrogen-bond acceptors (Lipinski definition) is 5. The van der Waals surface area contributed by atoms with Gasteiger partial charge in [-0.25, -0.2) is 9.97 Å². The molecule has 3 atom stereocenters. The molecule has 5 nitrogen and oxygen atoms in total. The fourth-order valence-corrected chi connectivity index (χ4v) is 2.87. The zero-order valence-electron chi connectivity index (χ0n) is 10.1. The van der Waals surface area contributed by atoms with Gasteiger partial charge in [0.2, 0.25) is 0 Å². The lowest BCUT2D eigenvalue weighted by atomic mass is 9.76. The van der Waals surface area contributed by atoms with Gasteiger partial charge in [0, 0.05) is 31.0 Å². The number of ether oxygens (including phenoxy) is 1. The molecular formula is C12H15N3O2S. The molecule has 1 aliphatic carbocycles. The molecule has 1 aliphatic heterocycles. The van der Waals surface area contributed by atoms with Crippen molar-refractivity contribution in [2.75, 3.05) is 12.9 Å². The Hall–Kier alpha value is -1.14. The molecule has 3 rings (SSSR count). The van der Waals surface area contributed by atoms with E-state index < -0.39 is 0 Å². The van der Waals surface area contributed by atoms with E-state index in [1.807, 2.05) is 6.26 Å². The summed E-state index contributed by atoms with van der Waals surface area (Å²) in [6, 6.07) is 0.255. The number of thioether (sulfide) groups is 1. The van der Waals surface area contributed by atoms with Crippen molar-refractivity contribution in [2.45, 2.75) is 30.1 Å². The Balaban J connectivity index is 1.60. The standard InChI is InChI=1S/C12H15N3O2S/c1-18-12-13-5-7(6-14-12)11(16)15-9-4-10-8(9)2-3-17-10/h5-6,8-10H,2-4H2,1H3,(H,15,16)/t8-,9+,10+/m1/s1. The van der Waals surface area contributed by atoms with Gasteiger partial charge >= 0.3 is 0 Å². The maximum absolute atomic E-state index is 12.0. The van der Waals surface area contributed by atoms with Gasteiger partial charge in [-0.2, -0.15) is 0 Å². The average Bonchev–Trinajstić information content (AvgIpc) is 2.77. The van der Waals surface area contributed by atoms with Crippen LogP contribution < -0.4 is 5.32 Å². The Morgan fingerprint density at radius 2 is 2.28 bits per heavy atom. The highest BCUT2D eigenvalue weighted by atomic mass is 32.2. The first-order chi connectivity index (χ1) is 8.78. The van der Waals surface area contributed by atoms with Gasteiger partial charge in [0.1, 0.15) is 0 Å². The number of carbonyl (C=O) groups is 1. The molecule has 6 heteroatoms. The molecule has 0 aromatic carbocycles. The summed E-state index contributed by atoms with van der Waals surface area (Å²) in [6.07, 6.45) is 7.41. The first-order valence-electron chi connectivity index (χ1n) is 6.06. The van der Waals surface area contributed by atoms with Crippen LogP contribution in [0.4, 0.5) is 0 Å². The molecule has 1 saturated carbocycles. The van der Waals surface area contributed by atoms with E-state index in [9.17, 15) is 4.79 Å². The van der Waals surface area contributed by atoms with Crippen LogP contribution in [0.25, 0.3) is 0 Å². The van der Waals surface area contributed by atoms with Crippen molar-refractivity contribution >= 4 is 17.7 Å². The number of rotatable bonds is 3. The summed E-state index contributed by atoms with van der Waals surface area (Å²) in [7, 11) is 0. The number of nitrogens with one attached hydrogen (secondary N) is 1. The smallest absolute Gasteiger partial charge is 0.254 e. The van der Waals surface area contributed by atoms with Crippen LogP contribution >= 0.6 is 11.8 Å². The molecule has 0 bridgehead atoms. The van der Waals surface area contributed by atoms with Gasteiger partial charge in [-0.1, -0.05) is 11.8 Å². The van der Waals surface area contributed by atoms with Crippen molar-refractivity contribution < 1.29 is 9.53 Å². The molecule has 1 aromatic rings. The van der Waals surface area contributed by atoms with E-state index >= 15 is 0 Å². The predicted octanol–water partition coefficient (Wildman–Crippen LogP) is 1.11. The van der Waals surface area contributed by atoms with E-state index in [0.29, 0.717) is 22.7 Å². The number of aromatic nitrogens is 2. The topological polar surface area (TPSA) is 64.1 Å². The monoisotopic (exact) mass is 265 g/mol. The Labute approximate surface area is 110 Å². The first kappa shape index (κ1) is 11.9. The summed E-state index contributed by atoms with van der Waals surface area (Å²) in [6.45, 7) is 0.827. The minimum Gasteiger partial charge on any atom is -0.378 e. The molecular weight excluding hydrogens is 250 g/mol. The maximum atomic E-state index is 12.0. The summed E-state index contributed by atoms with van der Waals surface area (Å²) < 4.78 is 5.52. The number of carbonyl (C=O) groups excluding carboxylic acids is 1. The van der Waals surface area contributed by atoms with Gasteiger partial charge in [0.25, 0.3) is 5.91 Å². The van der Waals surface area contributed by atoms with Gasteiger partial charge in [-0.05, 0) is 19.1 Å². The summed E-state index contributed by atoms with van der Waals surface area (Å²) >= 11 is 1.46. The highest BCUT2D eigenvalue weighted by molar-refractivity contribution is 7.98. The van der Waals surface area contributed by atoms with Crippen molar-refractivity contribution in [1.29, 1.82) is 0 Å². The highest BCUT2D eigenvalue weighted by Gasteiger charge is 2.45. The molecule has 2 aliphatic rings. The van der Waals surface area contributed by atoms with Crippen LogP contribution in [0, 0.1) is 5.92 Å². The zero-order chi connectivity index (χ0) is 12.5. The molecule has 1 N–H and O–H groups in total. The molecule has 0 unspecified atom stereocenters. The quantitative estimate of drug-likeness (QED) is 0.655. The molecule has 2 heterocycles. The second-order valence-corrected chi connectivity index (χ2v) is 5.41. The Morgan fingerprint density at radius 3 is 2.94 bits per heavy atom. The zero-order valence-corrected chi connectivity index (χ0v) is 10.9. The number of amides is 1. The van der Waals surface area contributed by atoms with E-state index in [1.165, 1.54) is 11.8 Å². The lowest BCUT2D eigenvalue weighted by Crippen LogP contribution is -2.53. The van der Waals surface area contributed by atoms with E-state index in [4.69, 9.17) is 4.74 Å². The van der Waals surface area contributed by atoms with Crippen LogP contribution in [0.3, 0.4) is 0 Å². The first-order valence-corrected chi connectivity index (χ1v) is 7.29. The van der Waals surface area contributed by atoms with Crippen molar-refractivity contribution in [1.82, 2.24) is 15.3 Å². The van der Waals surface area contributed by atoms with Gasteiger partial charge in [-0.15, -0.1) is 0 Å². The molecule has 18 heavy (non-hydrogen) atoms. The summed E-state index contributed by atoms with van der Waals surface area (Å²) in [5.74, 6) is 0.415. The van der Waals surface area contributed by atoms with Crippen molar-refractivity contribution in [3.8, 4) is 0 Å². The second-order valence-electron chi connectivity index (χ2n) is 4.64. The minimum absolute atomic E-state index is 0.0852. The molecule has 1 saturated heterocycles. The van der Waals surface area contributed by atoms with Crippen LogP contribution in [-0.4, -0.2) is 40.9 Å². The third-order valence-electron chi connectivity index (χ3n) is 3.65. The van der Waals surface area contributed by atoms with E-state index in [-0.39, 0.29) is 11.9 Å². The minimum atomic E-state index is -0.0852. The summed E-state index contributed by atoms with van der Waals surface area (Å²) in [4.78, 5) is 20.2. The average molecular weight is 265 g/mol. The van der Waals surface area contributed by atoms with Crippen LogP contribution in [0.15, 0.2) is 17.6 Å². The van der Waals surface area contributed by atoms with Gasteiger partial charge < -0.3 is 10.1 Å². The third-order valence-corrected chi connectivity index (χ3v) is 4.23. The predicted molar refractivity (Wildman–Crippen MR) is 67.5 cm³/mol. The second kappa shape index (κ2) is 4.85. The van der Waals surface area contributed by atoms with Crippen LogP contribution in [0.2, 0.25) is 0 Å². The molecule has 2 fully saturated rings. The van der Waals surface area contributed by atoms with Gasteiger partial charge in [0.05, 0.1) is 11.7 Å². The highest BCUT2D eigenvalue weighted by Crippen LogP contribution is 2.38. The summed E-state index contributed by atoms with van der Waals surface area (Å²) in [5, 5.41) is 3.72. The van der Waals surface area contributed by atoms with Crippen LogP contribution in [-0.2, 0) is 4.74 Å². The molecule has 1 aromatic heterocycles. The number of hydrogen-bond donors (Lipinski definition) is 1. The summed E-state index contributed by atoms with van der Waals surface area (Å²) in [5.41, 5.74) is 0.523. The largest absolute Gasteiger partial charge is 0.378 e. The van der Waals surface area contributed by atoms with E-state index in [1.54, 1.807) is 12.4 Å². The fourth-order valence-electron chi connectivity index (χ4n) is 2.55. The van der Waals surface area contributed by atoms with Crippen molar-refractivity contribution in [3.63, 3.8) is 0 Å². The number of nitrogens with zero attached hydrogens (tertiary/aromatic N) is 2. The maximum Gasteiger partial charge on any atom is 0.254 e. The Kier molecular flexibility index (Phi) is 3.22. The Morgan fingerprint density at radius 1 is 1.50 bits per heavy atom. The molecule has 0 spiro atoms. The molecule has 96 valence electrons. The lowest BCUT2D eigenvalue weighted by molar-refractivity contribution is 0.00809. The molecule has 1 amide bonds.